The summed E-state index contributed by atoms with van der Waals surface area (Å²) in [4.78, 5) is 11.6. The maximum Gasteiger partial charge on any atom is 0.330 e. The molecule has 0 unspecified atom stereocenters. The second kappa shape index (κ2) is 8.43. The first-order chi connectivity index (χ1) is 9.13. The Morgan fingerprint density at radius 3 is 2.47 bits per heavy atom. The molecule has 0 heterocycles. The summed E-state index contributed by atoms with van der Waals surface area (Å²) in [7, 11) is 0.241. The molecule has 0 aliphatic heterocycles. The molecule has 3 nitrogen and oxygen atoms in total. The maximum atomic E-state index is 11.9. The number of ether oxygens (including phenoxy) is 1. The van der Waals surface area contributed by atoms with Gasteiger partial charge in [-0.3, -0.25) is 0 Å². The van der Waals surface area contributed by atoms with Crippen molar-refractivity contribution < 1.29 is 13.7 Å². The van der Waals surface area contributed by atoms with Crippen LogP contribution in [0.4, 0.5) is 0 Å². The summed E-state index contributed by atoms with van der Waals surface area (Å²) in [5.74, 6) is -0.354. The third-order valence-corrected chi connectivity index (χ3v) is 3.60. The Bertz CT molecular complexity index is 487. The number of hydrogen-bond acceptors (Lipinski definition) is 3. The van der Waals surface area contributed by atoms with Gasteiger partial charge >= 0.3 is 5.97 Å². The lowest BCUT2D eigenvalue weighted by molar-refractivity contribution is -0.134. The van der Waals surface area contributed by atoms with Crippen molar-refractivity contribution in [3.8, 4) is 0 Å². The van der Waals surface area contributed by atoms with Crippen LogP contribution in [0.25, 0.3) is 0 Å². The van der Waals surface area contributed by atoms with Crippen molar-refractivity contribution in [1.82, 2.24) is 0 Å². The fraction of sp³-hybridized carbons (Fsp3) is 0.267. The molecule has 0 saturated heterocycles. The molecule has 19 heavy (non-hydrogen) atoms. The van der Waals surface area contributed by atoms with Crippen LogP contribution in [0, 0.1) is 6.92 Å². The van der Waals surface area contributed by atoms with Crippen LogP contribution >= 0.6 is 0 Å². The van der Waals surface area contributed by atoms with Crippen molar-refractivity contribution in [1.29, 1.82) is 0 Å². The smallest absolute Gasteiger partial charge is 0.330 e. The average molecular weight is 278 g/mol. The zero-order valence-electron chi connectivity index (χ0n) is 11.2. The molecule has 0 bridgehead atoms. The van der Waals surface area contributed by atoms with E-state index >= 15 is 0 Å². The largest absolute Gasteiger partial charge is 0.466 e. The first kappa shape index (κ1) is 15.4. The zero-order valence-corrected chi connectivity index (χ0v) is 12.0. The van der Waals surface area contributed by atoms with Crippen LogP contribution in [-0.4, -0.2) is 17.3 Å². The Morgan fingerprint density at radius 1 is 1.21 bits per heavy atom. The molecular weight excluding hydrogens is 260 g/mol. The van der Waals surface area contributed by atoms with Gasteiger partial charge in [0, 0.05) is 16.4 Å². The number of unbranched alkanes of at least 4 members (excludes halogenated alkanes) is 1. The minimum absolute atomic E-state index is 0.354. The van der Waals surface area contributed by atoms with Crippen molar-refractivity contribution in [3.63, 3.8) is 0 Å². The lowest BCUT2D eigenvalue weighted by Crippen LogP contribution is -1.93. The van der Waals surface area contributed by atoms with Crippen molar-refractivity contribution >= 4 is 16.8 Å². The number of rotatable bonds is 6. The minimum Gasteiger partial charge on any atom is -0.466 e. The molecule has 0 aliphatic carbocycles. The van der Waals surface area contributed by atoms with E-state index in [9.17, 15) is 9.00 Å². The van der Waals surface area contributed by atoms with Crippen LogP contribution in [0.5, 0.6) is 0 Å². The van der Waals surface area contributed by atoms with Gasteiger partial charge in [-0.15, -0.1) is 0 Å². The second-order valence-corrected chi connectivity index (χ2v) is 5.32. The molecule has 1 atom stereocenters. The third kappa shape index (κ3) is 6.15. The number of carbonyl (C=O) groups excluding carboxylic acids is 1. The van der Waals surface area contributed by atoms with E-state index in [-0.39, 0.29) is 5.97 Å². The quantitative estimate of drug-likeness (QED) is 0.456. The fourth-order valence-corrected chi connectivity index (χ4v) is 2.22. The van der Waals surface area contributed by atoms with Crippen LogP contribution in [0.1, 0.15) is 18.4 Å². The molecule has 0 fully saturated rings. The van der Waals surface area contributed by atoms with Crippen LogP contribution in [0.2, 0.25) is 0 Å². The van der Waals surface area contributed by atoms with Gasteiger partial charge in [-0.2, -0.15) is 0 Å². The molecule has 0 radical (unpaired) electrons. The van der Waals surface area contributed by atoms with E-state index in [0.29, 0.717) is 0 Å². The molecule has 102 valence electrons. The monoisotopic (exact) mass is 278 g/mol. The predicted octanol–water partition coefficient (Wildman–Crippen LogP) is 3.13. The Balaban J connectivity index is 2.37. The van der Waals surface area contributed by atoms with Crippen LogP contribution in [0.3, 0.4) is 0 Å². The normalized spacial score (nSPS) is 12.9. The maximum absolute atomic E-state index is 11.9. The van der Waals surface area contributed by atoms with Gasteiger partial charge in [0.05, 0.1) is 17.9 Å². The van der Waals surface area contributed by atoms with Crippen molar-refractivity contribution in [2.45, 2.75) is 24.7 Å². The van der Waals surface area contributed by atoms with E-state index < -0.39 is 10.8 Å². The molecule has 1 aromatic carbocycles. The molecular formula is C15H18O3S. The Kier molecular flexibility index (Phi) is 6.82. The Hall–Kier alpha value is -1.68. The SMILES string of the molecule is COC(=O)/C=C\CC/C=C/[S@@](=O)c1ccc(C)cc1. The summed E-state index contributed by atoms with van der Waals surface area (Å²) in [6.07, 6.45) is 6.45. The van der Waals surface area contributed by atoms with Gasteiger partial charge in [-0.05, 0) is 31.9 Å². The molecule has 0 spiro atoms. The lowest BCUT2D eigenvalue weighted by Gasteiger charge is -1.97. The van der Waals surface area contributed by atoms with E-state index in [1.165, 1.54) is 13.2 Å². The van der Waals surface area contributed by atoms with Gasteiger partial charge in [-0.1, -0.05) is 29.8 Å². The molecule has 0 amide bonds. The summed E-state index contributed by atoms with van der Waals surface area (Å²) in [6, 6.07) is 7.63. The first-order valence-electron chi connectivity index (χ1n) is 6.02. The Labute approximate surface area is 116 Å². The number of aryl methyl sites for hydroxylation is 1. The predicted molar refractivity (Wildman–Crippen MR) is 77.1 cm³/mol. The highest BCUT2D eigenvalue weighted by atomic mass is 32.2. The average Bonchev–Trinajstić information content (AvgIpc) is 2.42. The van der Waals surface area contributed by atoms with Gasteiger partial charge in [0.2, 0.25) is 0 Å². The van der Waals surface area contributed by atoms with E-state index in [1.54, 1.807) is 11.5 Å². The molecule has 0 saturated carbocycles. The van der Waals surface area contributed by atoms with E-state index in [2.05, 4.69) is 4.74 Å². The number of benzene rings is 1. The van der Waals surface area contributed by atoms with Gasteiger partial charge < -0.3 is 4.74 Å². The van der Waals surface area contributed by atoms with E-state index in [4.69, 9.17) is 0 Å². The highest BCUT2D eigenvalue weighted by molar-refractivity contribution is 7.88. The van der Waals surface area contributed by atoms with Crippen LogP contribution in [-0.2, 0) is 20.3 Å². The van der Waals surface area contributed by atoms with Gasteiger partial charge in [0.25, 0.3) is 0 Å². The number of allylic oxidation sites excluding steroid dienone is 2. The first-order valence-corrected chi connectivity index (χ1v) is 7.23. The van der Waals surface area contributed by atoms with E-state index in [1.807, 2.05) is 37.3 Å². The highest BCUT2D eigenvalue weighted by Gasteiger charge is 1.97. The number of carbonyl (C=O) groups is 1. The van der Waals surface area contributed by atoms with Crippen molar-refractivity contribution in [2.75, 3.05) is 7.11 Å². The second-order valence-electron chi connectivity index (χ2n) is 3.99. The number of hydrogen-bond donors (Lipinski definition) is 0. The topological polar surface area (TPSA) is 43.4 Å². The summed E-state index contributed by atoms with van der Waals surface area (Å²) in [6.45, 7) is 2.00. The van der Waals surface area contributed by atoms with Crippen molar-refractivity contribution in [3.05, 3.63) is 53.5 Å². The number of methoxy groups -OCH3 is 1. The molecule has 1 aromatic rings. The summed E-state index contributed by atoms with van der Waals surface area (Å²) in [5.41, 5.74) is 1.15. The zero-order chi connectivity index (χ0) is 14.1. The highest BCUT2D eigenvalue weighted by Crippen LogP contribution is 2.09. The summed E-state index contributed by atoms with van der Waals surface area (Å²) >= 11 is 0. The standard InChI is InChI=1S/C15H18O3S/c1-13-8-10-14(11-9-13)19(17)12-6-4-3-5-7-15(16)18-2/h5-12H,3-4H2,1-2H3/b7-5-,12-6+/t19-/m1/s1. The number of esters is 1. The molecule has 0 aliphatic rings. The fourth-order valence-electron chi connectivity index (χ4n) is 1.35. The van der Waals surface area contributed by atoms with Crippen LogP contribution < -0.4 is 0 Å². The van der Waals surface area contributed by atoms with Gasteiger partial charge in [0.1, 0.15) is 0 Å². The molecule has 1 rings (SSSR count). The molecule has 4 heteroatoms. The molecule has 0 aromatic heterocycles. The minimum atomic E-state index is -1.10. The van der Waals surface area contributed by atoms with Crippen LogP contribution in [0.15, 0.2) is 52.8 Å². The van der Waals surface area contributed by atoms with Gasteiger partial charge in [0.15, 0.2) is 0 Å². The van der Waals surface area contributed by atoms with Crippen molar-refractivity contribution in [2.24, 2.45) is 0 Å². The lowest BCUT2D eigenvalue weighted by atomic mass is 10.2. The van der Waals surface area contributed by atoms with Gasteiger partial charge in [-0.25, -0.2) is 9.00 Å². The Morgan fingerprint density at radius 2 is 1.84 bits per heavy atom. The summed E-state index contributed by atoms with van der Waals surface area (Å²) in [5, 5.41) is 1.68. The van der Waals surface area contributed by atoms with E-state index in [0.717, 1.165) is 23.3 Å². The third-order valence-electron chi connectivity index (χ3n) is 2.43. The molecule has 0 N–H and O–H groups in total. The summed E-state index contributed by atoms with van der Waals surface area (Å²) < 4.78 is 16.3.